The van der Waals surface area contributed by atoms with E-state index in [-0.39, 0.29) is 27.6 Å². The maximum absolute atomic E-state index is 13.7. The molecule has 0 unspecified atom stereocenters. The molecule has 1 aliphatic heterocycles. The van der Waals surface area contributed by atoms with E-state index in [1.165, 1.54) is 13.8 Å². The molecule has 8 atom stereocenters. The molecule has 15 nitrogen and oxygen atoms in total. The predicted octanol–water partition coefficient (Wildman–Crippen LogP) is -1.84. The average Bonchev–Trinajstić information content (AvgIpc) is 2.97. The normalized spacial score (nSPS) is 33.9. The van der Waals surface area contributed by atoms with E-state index < -0.39 is 94.0 Å². The number of phenolic OH excluding ortho intramolecular Hbond substituents is 1. The molecular formula is C28H28O15. The number of Topliss-reactive ketones (excluding diaryl/α,β-unsaturated/α-hetero) is 2. The number of hydrogen-bond acceptors (Lipinski definition) is 15. The number of phenols is 1. The van der Waals surface area contributed by atoms with Crippen LogP contribution in [0.5, 0.6) is 11.5 Å². The van der Waals surface area contributed by atoms with Gasteiger partial charge in [0.05, 0.1) is 25.9 Å². The van der Waals surface area contributed by atoms with Crippen LogP contribution >= 0.6 is 0 Å². The van der Waals surface area contributed by atoms with Gasteiger partial charge in [0.2, 0.25) is 34.8 Å². The highest BCUT2D eigenvalue weighted by molar-refractivity contribution is 6.35. The summed E-state index contributed by atoms with van der Waals surface area (Å²) in [5.74, 6) is -7.47. The van der Waals surface area contributed by atoms with E-state index in [4.69, 9.17) is 18.9 Å². The summed E-state index contributed by atoms with van der Waals surface area (Å²) < 4.78 is 20.9. The van der Waals surface area contributed by atoms with Gasteiger partial charge in [0.25, 0.3) is 0 Å². The number of rotatable bonds is 4. The summed E-state index contributed by atoms with van der Waals surface area (Å²) in [5.41, 5.74) is -8.95. The lowest BCUT2D eigenvalue weighted by Crippen LogP contribution is -2.76. The Bertz CT molecular complexity index is 1630. The fourth-order valence-corrected chi connectivity index (χ4v) is 5.85. The van der Waals surface area contributed by atoms with E-state index in [0.717, 1.165) is 26.4 Å². The van der Waals surface area contributed by atoms with Crippen molar-refractivity contribution >= 4 is 34.1 Å². The molecule has 230 valence electrons. The van der Waals surface area contributed by atoms with Gasteiger partial charge in [0, 0.05) is 17.0 Å². The highest BCUT2D eigenvalue weighted by Crippen LogP contribution is 2.49. The van der Waals surface area contributed by atoms with Crippen LogP contribution in [-0.4, -0.2) is 121 Å². The quantitative estimate of drug-likeness (QED) is 0.150. The molecule has 0 amide bonds. The minimum atomic E-state index is -3.54. The number of aliphatic hydroxyl groups excluding tert-OH is 4. The number of aliphatic hydroxyl groups is 6. The third-order valence-corrected chi connectivity index (χ3v) is 8.28. The standard InChI is InChI=1S/C28H28O15/c1-8-15-10(6-12(16(8)25(37)41-4)43-26-21(33)20(32)18(30)9(2)42-26)5-11-17(19(15)31)24(36)27(38)14(29)7-13(40-3)23(35)28(27,39)22(11)34/h5-7,9,18,20-21,23,26,30-33,35,38-39H,1-4H3/t9-,18-,20+,21+,23+,26-,27+,28+/m0/s1. The first kappa shape index (κ1) is 30.5. The summed E-state index contributed by atoms with van der Waals surface area (Å²) in [6.45, 7) is 2.71. The van der Waals surface area contributed by atoms with Crippen LogP contribution in [0.3, 0.4) is 0 Å². The minimum Gasteiger partial charge on any atom is -0.507 e. The van der Waals surface area contributed by atoms with Crippen molar-refractivity contribution in [3.63, 3.8) is 0 Å². The number of esters is 1. The van der Waals surface area contributed by atoms with E-state index in [0.29, 0.717) is 6.08 Å². The lowest BCUT2D eigenvalue weighted by Gasteiger charge is -2.47. The highest BCUT2D eigenvalue weighted by Gasteiger charge is 2.73. The smallest absolute Gasteiger partial charge is 0.341 e. The van der Waals surface area contributed by atoms with Gasteiger partial charge in [-0.3, -0.25) is 14.4 Å². The summed E-state index contributed by atoms with van der Waals surface area (Å²) in [6.07, 6.45) is -9.38. The van der Waals surface area contributed by atoms with Gasteiger partial charge in [-0.15, -0.1) is 0 Å². The number of fused-ring (bicyclic) bond motifs is 3. The number of hydrogen-bond donors (Lipinski definition) is 7. The number of ether oxygens (including phenoxy) is 4. The molecule has 0 saturated carbocycles. The zero-order chi connectivity index (χ0) is 31.9. The molecule has 15 heteroatoms. The second-order valence-electron chi connectivity index (χ2n) is 10.6. The van der Waals surface area contributed by atoms with Gasteiger partial charge in [-0.05, 0) is 36.9 Å². The number of carbonyl (C=O) groups excluding carboxylic acids is 4. The van der Waals surface area contributed by atoms with Gasteiger partial charge in [-0.25, -0.2) is 4.79 Å². The second kappa shape index (κ2) is 10.1. The molecule has 43 heavy (non-hydrogen) atoms. The first-order valence-corrected chi connectivity index (χ1v) is 12.9. The van der Waals surface area contributed by atoms with Gasteiger partial charge in [-0.1, -0.05) is 0 Å². The Morgan fingerprint density at radius 2 is 1.63 bits per heavy atom. The van der Waals surface area contributed by atoms with E-state index in [1.54, 1.807) is 0 Å². The zero-order valence-corrected chi connectivity index (χ0v) is 23.1. The predicted molar refractivity (Wildman–Crippen MR) is 139 cm³/mol. The topological polar surface area (TPSA) is 247 Å². The van der Waals surface area contributed by atoms with Crippen LogP contribution in [0, 0.1) is 6.92 Å². The Morgan fingerprint density at radius 3 is 2.23 bits per heavy atom. The molecule has 1 saturated heterocycles. The van der Waals surface area contributed by atoms with Crippen LogP contribution < -0.4 is 4.74 Å². The van der Waals surface area contributed by atoms with Crippen molar-refractivity contribution in [2.45, 2.75) is 61.9 Å². The molecule has 7 N–H and O–H groups in total. The van der Waals surface area contributed by atoms with E-state index in [1.807, 2.05) is 0 Å². The van der Waals surface area contributed by atoms with E-state index in [9.17, 15) is 54.9 Å². The fourth-order valence-electron chi connectivity index (χ4n) is 5.85. The fraction of sp³-hybridized carbons (Fsp3) is 0.429. The molecule has 0 radical (unpaired) electrons. The molecule has 0 spiro atoms. The molecule has 1 fully saturated rings. The number of ketones is 3. The largest absolute Gasteiger partial charge is 0.507 e. The Morgan fingerprint density at radius 1 is 0.977 bits per heavy atom. The molecule has 1 heterocycles. The third-order valence-electron chi connectivity index (χ3n) is 8.28. The minimum absolute atomic E-state index is 0.0790. The van der Waals surface area contributed by atoms with Crippen molar-refractivity contribution in [3.05, 3.63) is 46.2 Å². The van der Waals surface area contributed by atoms with Gasteiger partial charge < -0.3 is 54.7 Å². The van der Waals surface area contributed by atoms with E-state index in [2.05, 4.69) is 0 Å². The molecule has 3 aliphatic rings. The van der Waals surface area contributed by atoms with Crippen molar-refractivity contribution in [2.75, 3.05) is 14.2 Å². The van der Waals surface area contributed by atoms with Crippen LogP contribution in [0.4, 0.5) is 0 Å². The lowest BCUT2D eigenvalue weighted by molar-refractivity contribution is -0.268. The van der Waals surface area contributed by atoms with Gasteiger partial charge in [-0.2, -0.15) is 0 Å². The molecule has 0 aromatic heterocycles. The Labute approximate surface area is 242 Å². The van der Waals surface area contributed by atoms with Crippen LogP contribution in [0.15, 0.2) is 24.0 Å². The van der Waals surface area contributed by atoms with Crippen LogP contribution in [0.1, 0.15) is 43.6 Å². The van der Waals surface area contributed by atoms with E-state index >= 15 is 0 Å². The maximum Gasteiger partial charge on any atom is 0.341 e. The number of benzene rings is 2. The van der Waals surface area contributed by atoms with Crippen molar-refractivity contribution in [2.24, 2.45) is 0 Å². The Hall–Kier alpha value is -3.96. The summed E-state index contributed by atoms with van der Waals surface area (Å²) in [6, 6.07) is 2.11. The summed E-state index contributed by atoms with van der Waals surface area (Å²) >= 11 is 0. The molecule has 5 rings (SSSR count). The molecule has 2 aromatic rings. The first-order chi connectivity index (χ1) is 20.1. The van der Waals surface area contributed by atoms with Crippen molar-refractivity contribution < 1.29 is 73.9 Å². The van der Waals surface area contributed by atoms with Gasteiger partial charge >= 0.3 is 5.97 Å². The zero-order valence-electron chi connectivity index (χ0n) is 23.1. The maximum atomic E-state index is 13.7. The summed E-state index contributed by atoms with van der Waals surface area (Å²) in [5, 5.41) is 75.0. The molecule has 2 aromatic carbocycles. The third kappa shape index (κ3) is 3.87. The summed E-state index contributed by atoms with van der Waals surface area (Å²) in [4.78, 5) is 53.2. The Balaban J connectivity index is 1.75. The molecular weight excluding hydrogens is 576 g/mol. The monoisotopic (exact) mass is 604 g/mol. The highest BCUT2D eigenvalue weighted by atomic mass is 16.7. The van der Waals surface area contributed by atoms with Crippen molar-refractivity contribution in [1.82, 2.24) is 0 Å². The van der Waals surface area contributed by atoms with Crippen LogP contribution in [0.25, 0.3) is 10.8 Å². The van der Waals surface area contributed by atoms with Gasteiger partial charge in [0.15, 0.2) is 6.10 Å². The number of aromatic hydroxyl groups is 1. The van der Waals surface area contributed by atoms with Crippen molar-refractivity contribution in [3.8, 4) is 11.5 Å². The SMILES string of the molecule is COC(=O)c1c(O[C@@H]2O[C@@H](C)[C@H](O)[C@@H](O)[C@H]2O)cc2cc3c(c(O)c2c1C)C(=O)[C@]1(O)C(=O)C=C(OC)[C@@H](O)[C@]1(O)C3=O. The van der Waals surface area contributed by atoms with Crippen LogP contribution in [0.2, 0.25) is 0 Å². The number of methoxy groups -OCH3 is 2. The molecule has 2 aliphatic carbocycles. The summed E-state index contributed by atoms with van der Waals surface area (Å²) in [7, 11) is 2.06. The first-order valence-electron chi connectivity index (χ1n) is 12.9. The molecule has 0 bridgehead atoms. The van der Waals surface area contributed by atoms with Crippen molar-refractivity contribution in [1.29, 1.82) is 0 Å². The number of aryl methyl sites for hydroxylation is 1. The lowest BCUT2D eigenvalue weighted by atomic mass is 9.60. The number of carbonyl (C=O) groups is 4. The average molecular weight is 605 g/mol. The second-order valence-corrected chi connectivity index (χ2v) is 10.6. The Kier molecular flexibility index (Phi) is 7.13. The van der Waals surface area contributed by atoms with Crippen LogP contribution in [-0.2, 0) is 19.0 Å². The van der Waals surface area contributed by atoms with Gasteiger partial charge in [0.1, 0.15) is 41.1 Å².